The van der Waals surface area contributed by atoms with Gasteiger partial charge in [-0.2, -0.15) is 5.10 Å². The first-order chi connectivity index (χ1) is 8.63. The van der Waals surface area contributed by atoms with Gasteiger partial charge in [0, 0.05) is 27.9 Å². The van der Waals surface area contributed by atoms with Crippen LogP contribution < -0.4 is 0 Å². The molecule has 2 rings (SSSR count). The summed E-state index contributed by atoms with van der Waals surface area (Å²) in [7, 11) is 0. The average Bonchev–Trinajstić information content (AvgIpc) is 2.77. The number of hydrogen-bond donors (Lipinski definition) is 1. The Labute approximate surface area is 122 Å². The minimum Gasteiger partial charge on any atom is -0.380 e. The molecule has 6 heteroatoms. The van der Waals surface area contributed by atoms with E-state index >= 15 is 0 Å². The lowest BCUT2D eigenvalue weighted by molar-refractivity contribution is 0.201. The maximum absolute atomic E-state index is 10.4. The van der Waals surface area contributed by atoms with Crippen LogP contribution in [0, 0.1) is 0 Å². The summed E-state index contributed by atoms with van der Waals surface area (Å²) in [6, 6.07) is 3.68. The Hall–Kier alpha value is -0.720. The molecule has 1 atom stereocenters. The van der Waals surface area contributed by atoms with Crippen LogP contribution in [0.4, 0.5) is 0 Å². The largest absolute Gasteiger partial charge is 0.380 e. The summed E-state index contributed by atoms with van der Waals surface area (Å²) in [5.41, 5.74) is 1.35. The van der Waals surface area contributed by atoms with Gasteiger partial charge in [-0.25, -0.2) is 0 Å². The third-order valence-electron chi connectivity index (χ3n) is 2.56. The summed E-state index contributed by atoms with van der Waals surface area (Å²) in [5.74, 6) is 0. The first-order valence-corrected chi connectivity index (χ1v) is 7.22. The second-order valence-corrected chi connectivity index (χ2v) is 5.67. The molecule has 1 unspecified atom stereocenters. The van der Waals surface area contributed by atoms with Crippen molar-refractivity contribution in [2.24, 2.45) is 0 Å². The second kappa shape index (κ2) is 5.95. The molecule has 96 valence electrons. The molecule has 0 saturated carbocycles. The van der Waals surface area contributed by atoms with Crippen LogP contribution in [-0.4, -0.2) is 19.9 Å². The lowest BCUT2D eigenvalue weighted by Gasteiger charge is -2.14. The number of nitrogens with zero attached hydrogens (tertiary/aromatic N) is 3. The van der Waals surface area contributed by atoms with Gasteiger partial charge in [0.25, 0.3) is 0 Å². The summed E-state index contributed by atoms with van der Waals surface area (Å²) in [4.78, 5) is 4.25. The molecule has 2 aromatic rings. The van der Waals surface area contributed by atoms with E-state index in [4.69, 9.17) is 0 Å². The molecule has 0 aliphatic carbocycles. The highest BCUT2D eigenvalue weighted by atomic mass is 79.9. The fraction of sp³-hybridized carbons (Fsp3) is 0.333. The lowest BCUT2D eigenvalue weighted by Crippen LogP contribution is -2.11. The van der Waals surface area contributed by atoms with Gasteiger partial charge >= 0.3 is 0 Å². The third-order valence-corrected chi connectivity index (χ3v) is 3.63. The van der Waals surface area contributed by atoms with Gasteiger partial charge in [-0.05, 0) is 50.4 Å². The van der Waals surface area contributed by atoms with E-state index in [1.807, 2.05) is 12.1 Å². The van der Waals surface area contributed by atoms with Crippen molar-refractivity contribution in [3.63, 3.8) is 0 Å². The highest BCUT2D eigenvalue weighted by molar-refractivity contribution is 9.11. The molecule has 0 fully saturated rings. The normalized spacial score (nSPS) is 12.7. The van der Waals surface area contributed by atoms with Gasteiger partial charge in [0.2, 0.25) is 0 Å². The van der Waals surface area contributed by atoms with Crippen molar-refractivity contribution in [3.05, 3.63) is 44.9 Å². The maximum Gasteiger partial charge on any atom is 0.139 e. The van der Waals surface area contributed by atoms with E-state index in [0.29, 0.717) is 5.69 Å². The Morgan fingerprint density at radius 2 is 2.22 bits per heavy atom. The molecule has 2 aromatic heterocycles. The molecule has 0 aliphatic heterocycles. The average molecular weight is 375 g/mol. The zero-order valence-electron chi connectivity index (χ0n) is 9.85. The van der Waals surface area contributed by atoms with E-state index in [2.05, 4.69) is 48.9 Å². The number of aliphatic hydroxyl groups is 1. The van der Waals surface area contributed by atoms with E-state index in [9.17, 15) is 5.11 Å². The molecule has 0 bridgehead atoms. The standard InChI is InChI=1S/C12H13Br2N3O/c1-2-5-17-10(3-4-16-17)12(18)11-9(14)6-8(13)7-15-11/h3-4,6-7,12,18H,2,5H2,1H3. The van der Waals surface area contributed by atoms with Crippen LogP contribution in [0.5, 0.6) is 0 Å². The van der Waals surface area contributed by atoms with Crippen molar-refractivity contribution in [3.8, 4) is 0 Å². The number of pyridine rings is 1. The molecule has 0 aromatic carbocycles. The van der Waals surface area contributed by atoms with Crippen LogP contribution in [0.15, 0.2) is 33.5 Å². The first-order valence-electron chi connectivity index (χ1n) is 5.64. The number of aryl methyl sites for hydroxylation is 1. The summed E-state index contributed by atoms with van der Waals surface area (Å²) in [6.07, 6.45) is 3.56. The minimum absolute atomic E-state index is 0.594. The van der Waals surface area contributed by atoms with Gasteiger partial charge < -0.3 is 5.11 Å². The fourth-order valence-electron chi connectivity index (χ4n) is 1.74. The number of rotatable bonds is 4. The SMILES string of the molecule is CCCn1nccc1C(O)c1ncc(Br)cc1Br. The predicted octanol–water partition coefficient (Wildman–Crippen LogP) is 3.29. The highest BCUT2D eigenvalue weighted by Crippen LogP contribution is 2.28. The van der Waals surface area contributed by atoms with Gasteiger partial charge in [-0.15, -0.1) is 0 Å². The maximum atomic E-state index is 10.4. The Kier molecular flexibility index (Phi) is 4.53. The van der Waals surface area contributed by atoms with Crippen LogP contribution in [0.25, 0.3) is 0 Å². The van der Waals surface area contributed by atoms with E-state index in [0.717, 1.165) is 27.6 Å². The molecule has 0 aliphatic rings. The van der Waals surface area contributed by atoms with Crippen LogP contribution in [0.2, 0.25) is 0 Å². The molecule has 18 heavy (non-hydrogen) atoms. The molecule has 0 spiro atoms. The van der Waals surface area contributed by atoms with Crippen molar-refractivity contribution in [1.29, 1.82) is 0 Å². The molecular formula is C12H13Br2N3O. The quantitative estimate of drug-likeness (QED) is 0.893. The van der Waals surface area contributed by atoms with Gasteiger partial charge in [0.1, 0.15) is 6.10 Å². The third kappa shape index (κ3) is 2.81. The molecule has 2 heterocycles. The van der Waals surface area contributed by atoms with E-state index in [-0.39, 0.29) is 0 Å². The van der Waals surface area contributed by atoms with Gasteiger partial charge in [0.05, 0.1) is 11.4 Å². The van der Waals surface area contributed by atoms with Crippen molar-refractivity contribution in [1.82, 2.24) is 14.8 Å². The highest BCUT2D eigenvalue weighted by Gasteiger charge is 2.19. The van der Waals surface area contributed by atoms with Crippen molar-refractivity contribution in [2.75, 3.05) is 0 Å². The van der Waals surface area contributed by atoms with Gasteiger partial charge in [0.15, 0.2) is 0 Å². The van der Waals surface area contributed by atoms with E-state index < -0.39 is 6.10 Å². The Morgan fingerprint density at radius 1 is 1.44 bits per heavy atom. The number of aromatic nitrogens is 3. The molecule has 0 saturated heterocycles. The van der Waals surface area contributed by atoms with Crippen LogP contribution in [0.3, 0.4) is 0 Å². The van der Waals surface area contributed by atoms with E-state index in [1.165, 1.54) is 0 Å². The van der Waals surface area contributed by atoms with Gasteiger partial charge in [-0.3, -0.25) is 9.67 Å². The Morgan fingerprint density at radius 3 is 2.89 bits per heavy atom. The number of aliphatic hydroxyl groups excluding tert-OH is 1. The van der Waals surface area contributed by atoms with Crippen LogP contribution in [0.1, 0.15) is 30.8 Å². The smallest absolute Gasteiger partial charge is 0.139 e. The fourth-order valence-corrected chi connectivity index (χ4v) is 2.94. The monoisotopic (exact) mass is 373 g/mol. The topological polar surface area (TPSA) is 50.9 Å². The van der Waals surface area contributed by atoms with Crippen LogP contribution >= 0.6 is 31.9 Å². The number of hydrogen-bond acceptors (Lipinski definition) is 3. The summed E-state index contributed by atoms with van der Waals surface area (Å²) in [6.45, 7) is 2.86. The number of halogens is 2. The van der Waals surface area contributed by atoms with Crippen molar-refractivity contribution in [2.45, 2.75) is 26.0 Å². The zero-order valence-corrected chi connectivity index (χ0v) is 13.0. The van der Waals surface area contributed by atoms with Crippen molar-refractivity contribution >= 4 is 31.9 Å². The molecule has 0 radical (unpaired) electrons. The lowest BCUT2D eigenvalue weighted by atomic mass is 10.1. The van der Waals surface area contributed by atoms with Gasteiger partial charge in [-0.1, -0.05) is 6.92 Å². The Bertz CT molecular complexity index is 542. The molecular weight excluding hydrogens is 362 g/mol. The molecule has 0 amide bonds. The summed E-state index contributed by atoms with van der Waals surface area (Å²) < 4.78 is 3.45. The van der Waals surface area contributed by atoms with E-state index in [1.54, 1.807) is 17.1 Å². The first kappa shape index (κ1) is 13.7. The minimum atomic E-state index is -0.776. The molecule has 1 N–H and O–H groups in total. The Balaban J connectivity index is 2.35. The zero-order chi connectivity index (χ0) is 13.1. The second-order valence-electron chi connectivity index (χ2n) is 3.90. The van der Waals surface area contributed by atoms with Crippen LogP contribution in [-0.2, 0) is 6.54 Å². The summed E-state index contributed by atoms with van der Waals surface area (Å²) >= 11 is 6.76. The molecule has 4 nitrogen and oxygen atoms in total. The van der Waals surface area contributed by atoms with Crippen molar-refractivity contribution < 1.29 is 5.11 Å². The summed E-state index contributed by atoms with van der Waals surface area (Å²) in [5, 5.41) is 14.6. The predicted molar refractivity (Wildman–Crippen MR) is 76.2 cm³/mol.